The normalized spacial score (nSPS) is 26.0. The quantitative estimate of drug-likeness (QED) is 0.835. The molecule has 2 atom stereocenters. The van der Waals surface area contributed by atoms with Crippen molar-refractivity contribution >= 4 is 0 Å². The molecule has 0 saturated carbocycles. The van der Waals surface area contributed by atoms with Gasteiger partial charge in [-0.2, -0.15) is 0 Å². The van der Waals surface area contributed by atoms with Crippen molar-refractivity contribution in [3.8, 4) is 11.5 Å². The minimum absolute atomic E-state index is 0.618. The van der Waals surface area contributed by atoms with Crippen molar-refractivity contribution in [1.29, 1.82) is 0 Å². The van der Waals surface area contributed by atoms with Crippen molar-refractivity contribution in [2.24, 2.45) is 0 Å². The first-order valence-corrected chi connectivity index (χ1v) is 8.49. The number of nitrogens with zero attached hydrogens (tertiary/aromatic N) is 2. The number of piperazine rings is 1. The van der Waals surface area contributed by atoms with Crippen LogP contribution in [0.5, 0.6) is 11.5 Å². The molecule has 2 aliphatic rings. The number of fused-ring (bicyclic) bond motifs is 1. The Hall–Kier alpha value is -1.26. The average Bonchev–Trinajstić information content (AvgIpc) is 2.95. The van der Waals surface area contributed by atoms with Gasteiger partial charge in [-0.15, -0.1) is 0 Å². The number of hydrogen-bond acceptors (Lipinski definition) is 4. The van der Waals surface area contributed by atoms with E-state index in [0.29, 0.717) is 12.6 Å². The van der Waals surface area contributed by atoms with Crippen LogP contribution in [0.15, 0.2) is 18.2 Å². The Morgan fingerprint density at radius 1 is 1.23 bits per heavy atom. The van der Waals surface area contributed by atoms with Crippen LogP contribution in [0.25, 0.3) is 0 Å². The predicted molar refractivity (Wildman–Crippen MR) is 88.6 cm³/mol. The Balaban J connectivity index is 1.70. The summed E-state index contributed by atoms with van der Waals surface area (Å²) in [6.07, 6.45) is 2.72. The molecule has 2 fully saturated rings. The lowest BCUT2D eigenvalue weighted by Crippen LogP contribution is -2.54. The molecule has 1 aromatic carbocycles. The first kappa shape index (κ1) is 15.6. The van der Waals surface area contributed by atoms with Gasteiger partial charge in [0.15, 0.2) is 11.5 Å². The molecule has 0 N–H and O–H groups in total. The molecule has 0 aliphatic carbocycles. The van der Waals surface area contributed by atoms with Crippen LogP contribution < -0.4 is 9.47 Å². The van der Waals surface area contributed by atoms with Gasteiger partial charge >= 0.3 is 0 Å². The van der Waals surface area contributed by atoms with E-state index in [-0.39, 0.29) is 0 Å². The Morgan fingerprint density at radius 2 is 2.09 bits per heavy atom. The van der Waals surface area contributed by atoms with Gasteiger partial charge in [0, 0.05) is 31.7 Å². The number of rotatable bonds is 5. The molecule has 4 nitrogen and oxygen atoms in total. The highest BCUT2D eigenvalue weighted by molar-refractivity contribution is 5.43. The lowest BCUT2D eigenvalue weighted by atomic mass is 10.1. The zero-order valence-electron chi connectivity index (χ0n) is 14.0. The minimum Gasteiger partial charge on any atom is -0.493 e. The molecule has 22 heavy (non-hydrogen) atoms. The topological polar surface area (TPSA) is 24.9 Å². The van der Waals surface area contributed by atoms with Gasteiger partial charge < -0.3 is 9.47 Å². The molecule has 0 bridgehead atoms. The van der Waals surface area contributed by atoms with Crippen molar-refractivity contribution in [3.63, 3.8) is 0 Å². The van der Waals surface area contributed by atoms with Crippen molar-refractivity contribution in [1.82, 2.24) is 9.80 Å². The maximum absolute atomic E-state index is 5.70. The SMILES string of the molecule is CCOc1cc(CN2C[C@@H]3CCCN3C[C@H]2C)ccc1OC. The molecule has 4 heteroatoms. The summed E-state index contributed by atoms with van der Waals surface area (Å²) in [5.74, 6) is 1.67. The van der Waals surface area contributed by atoms with E-state index in [1.165, 1.54) is 38.0 Å². The summed E-state index contributed by atoms with van der Waals surface area (Å²) in [7, 11) is 1.69. The smallest absolute Gasteiger partial charge is 0.161 e. The van der Waals surface area contributed by atoms with E-state index in [1.807, 2.05) is 13.0 Å². The number of methoxy groups -OCH3 is 1. The highest BCUT2D eigenvalue weighted by atomic mass is 16.5. The highest BCUT2D eigenvalue weighted by Crippen LogP contribution is 2.30. The lowest BCUT2D eigenvalue weighted by Gasteiger charge is -2.42. The molecular formula is C18H28N2O2. The standard InChI is InChI=1S/C18H28N2O2/c1-4-22-18-10-15(7-8-17(18)21-3)12-20-13-16-6-5-9-19(16)11-14(20)2/h7-8,10,14,16H,4-6,9,11-13H2,1-3H3/t14-,16+/m1/s1. The molecule has 0 aromatic heterocycles. The molecule has 1 aromatic rings. The first-order valence-electron chi connectivity index (χ1n) is 8.49. The van der Waals surface area contributed by atoms with Gasteiger partial charge in [0.25, 0.3) is 0 Å². The Labute approximate surface area is 134 Å². The molecular weight excluding hydrogens is 276 g/mol. The fourth-order valence-electron chi connectivity index (χ4n) is 3.79. The lowest BCUT2D eigenvalue weighted by molar-refractivity contribution is 0.0540. The molecule has 0 spiro atoms. The van der Waals surface area contributed by atoms with Crippen molar-refractivity contribution < 1.29 is 9.47 Å². The van der Waals surface area contributed by atoms with E-state index in [4.69, 9.17) is 9.47 Å². The minimum atomic E-state index is 0.618. The van der Waals surface area contributed by atoms with Gasteiger partial charge in [-0.05, 0) is 50.9 Å². The zero-order chi connectivity index (χ0) is 15.5. The summed E-state index contributed by atoms with van der Waals surface area (Å²) in [6.45, 7) is 9.71. The van der Waals surface area contributed by atoms with Gasteiger partial charge in [-0.25, -0.2) is 0 Å². The highest BCUT2D eigenvalue weighted by Gasteiger charge is 2.34. The Kier molecular flexibility index (Phi) is 4.89. The van der Waals surface area contributed by atoms with E-state index < -0.39 is 0 Å². The number of hydrogen-bond donors (Lipinski definition) is 0. The number of ether oxygens (including phenoxy) is 2. The maximum atomic E-state index is 5.70. The third-order valence-electron chi connectivity index (χ3n) is 4.98. The van der Waals surface area contributed by atoms with Crippen LogP contribution in [-0.2, 0) is 6.54 Å². The van der Waals surface area contributed by atoms with Gasteiger partial charge in [-0.1, -0.05) is 6.07 Å². The second-order valence-electron chi connectivity index (χ2n) is 6.49. The van der Waals surface area contributed by atoms with Crippen LogP contribution >= 0.6 is 0 Å². The van der Waals surface area contributed by atoms with Crippen LogP contribution in [0.3, 0.4) is 0 Å². The fraction of sp³-hybridized carbons (Fsp3) is 0.667. The second kappa shape index (κ2) is 6.88. The largest absolute Gasteiger partial charge is 0.493 e. The third kappa shape index (κ3) is 3.23. The summed E-state index contributed by atoms with van der Waals surface area (Å²) < 4.78 is 11.1. The van der Waals surface area contributed by atoms with E-state index in [9.17, 15) is 0 Å². The van der Waals surface area contributed by atoms with Crippen LogP contribution in [0, 0.1) is 0 Å². The van der Waals surface area contributed by atoms with E-state index in [0.717, 1.165) is 24.1 Å². The van der Waals surface area contributed by atoms with Crippen LogP contribution in [-0.4, -0.2) is 55.2 Å². The van der Waals surface area contributed by atoms with Crippen molar-refractivity contribution in [2.75, 3.05) is 33.4 Å². The van der Waals surface area contributed by atoms with Gasteiger partial charge in [-0.3, -0.25) is 9.80 Å². The summed E-state index contributed by atoms with van der Waals surface area (Å²) in [4.78, 5) is 5.28. The Morgan fingerprint density at radius 3 is 2.86 bits per heavy atom. The van der Waals surface area contributed by atoms with Gasteiger partial charge in [0.05, 0.1) is 13.7 Å². The summed E-state index contributed by atoms with van der Waals surface area (Å²) in [6, 6.07) is 7.70. The van der Waals surface area contributed by atoms with Crippen LogP contribution in [0.2, 0.25) is 0 Å². The fourth-order valence-corrected chi connectivity index (χ4v) is 3.79. The van der Waals surface area contributed by atoms with Crippen molar-refractivity contribution in [2.45, 2.75) is 45.3 Å². The van der Waals surface area contributed by atoms with Crippen LogP contribution in [0.4, 0.5) is 0 Å². The molecule has 2 aliphatic heterocycles. The molecule has 0 unspecified atom stereocenters. The van der Waals surface area contributed by atoms with Gasteiger partial charge in [0.2, 0.25) is 0 Å². The molecule has 2 heterocycles. The summed E-state index contributed by atoms with van der Waals surface area (Å²) >= 11 is 0. The second-order valence-corrected chi connectivity index (χ2v) is 6.49. The van der Waals surface area contributed by atoms with E-state index in [1.54, 1.807) is 7.11 Å². The molecule has 3 rings (SSSR count). The molecule has 0 amide bonds. The summed E-state index contributed by atoms with van der Waals surface area (Å²) in [5, 5.41) is 0. The monoisotopic (exact) mass is 304 g/mol. The Bertz CT molecular complexity index is 506. The van der Waals surface area contributed by atoms with E-state index >= 15 is 0 Å². The molecule has 2 saturated heterocycles. The maximum Gasteiger partial charge on any atom is 0.161 e. The van der Waals surface area contributed by atoms with Gasteiger partial charge in [0.1, 0.15) is 0 Å². The predicted octanol–water partition coefficient (Wildman–Crippen LogP) is 2.76. The third-order valence-corrected chi connectivity index (χ3v) is 4.98. The average molecular weight is 304 g/mol. The van der Waals surface area contributed by atoms with E-state index in [2.05, 4.69) is 28.9 Å². The molecule has 122 valence electrons. The van der Waals surface area contributed by atoms with Crippen molar-refractivity contribution in [3.05, 3.63) is 23.8 Å². The molecule has 0 radical (unpaired) electrons. The summed E-state index contributed by atoms with van der Waals surface area (Å²) in [5.41, 5.74) is 1.31. The zero-order valence-corrected chi connectivity index (χ0v) is 14.0. The number of benzene rings is 1. The van der Waals surface area contributed by atoms with Crippen LogP contribution in [0.1, 0.15) is 32.3 Å². The first-order chi connectivity index (χ1) is 10.7.